The number of aryl methyl sites for hydroxylation is 2. The summed E-state index contributed by atoms with van der Waals surface area (Å²) in [5, 5.41) is 4.28. The SMILES string of the molecule is CCc1cc(-c2ccnn2CC)nc(N(C)C)n1. The summed E-state index contributed by atoms with van der Waals surface area (Å²) < 4.78 is 1.95. The van der Waals surface area contributed by atoms with Crippen LogP contribution in [0.3, 0.4) is 0 Å². The van der Waals surface area contributed by atoms with E-state index in [4.69, 9.17) is 0 Å². The van der Waals surface area contributed by atoms with E-state index in [-0.39, 0.29) is 0 Å². The molecule has 5 heteroatoms. The van der Waals surface area contributed by atoms with E-state index >= 15 is 0 Å². The summed E-state index contributed by atoms with van der Waals surface area (Å²) in [6.45, 7) is 5.01. The third-order valence-corrected chi connectivity index (χ3v) is 2.81. The van der Waals surface area contributed by atoms with Crippen molar-refractivity contribution in [3.8, 4) is 11.4 Å². The third kappa shape index (κ3) is 2.34. The third-order valence-electron chi connectivity index (χ3n) is 2.81. The van der Waals surface area contributed by atoms with Crippen LogP contribution >= 0.6 is 0 Å². The lowest BCUT2D eigenvalue weighted by atomic mass is 10.2. The van der Waals surface area contributed by atoms with E-state index in [9.17, 15) is 0 Å². The molecule has 0 atom stereocenters. The molecule has 0 bridgehead atoms. The Morgan fingerprint density at radius 3 is 2.61 bits per heavy atom. The van der Waals surface area contributed by atoms with Crippen LogP contribution in [0.25, 0.3) is 11.4 Å². The Morgan fingerprint density at radius 2 is 2.00 bits per heavy atom. The smallest absolute Gasteiger partial charge is 0.225 e. The highest BCUT2D eigenvalue weighted by atomic mass is 15.3. The van der Waals surface area contributed by atoms with Gasteiger partial charge in [-0.3, -0.25) is 4.68 Å². The second kappa shape index (κ2) is 5.16. The van der Waals surface area contributed by atoms with Gasteiger partial charge in [0.15, 0.2) is 0 Å². The van der Waals surface area contributed by atoms with E-state index in [1.807, 2.05) is 42.0 Å². The Balaban J connectivity index is 2.53. The van der Waals surface area contributed by atoms with Gasteiger partial charge in [-0.25, -0.2) is 9.97 Å². The fraction of sp³-hybridized carbons (Fsp3) is 0.462. The van der Waals surface area contributed by atoms with Gasteiger partial charge in [-0.05, 0) is 25.5 Å². The second-order valence-corrected chi connectivity index (χ2v) is 4.32. The van der Waals surface area contributed by atoms with Gasteiger partial charge in [-0.1, -0.05) is 6.92 Å². The molecular formula is C13H19N5. The Bertz CT molecular complexity index is 530. The van der Waals surface area contributed by atoms with Gasteiger partial charge in [0.1, 0.15) is 0 Å². The van der Waals surface area contributed by atoms with Crippen molar-refractivity contribution in [2.24, 2.45) is 0 Å². The van der Waals surface area contributed by atoms with Crippen LogP contribution in [0.1, 0.15) is 19.5 Å². The zero-order chi connectivity index (χ0) is 13.1. The molecule has 0 aliphatic carbocycles. The van der Waals surface area contributed by atoms with Crippen LogP contribution in [0.2, 0.25) is 0 Å². The van der Waals surface area contributed by atoms with Crippen LogP contribution in [0.15, 0.2) is 18.3 Å². The molecule has 18 heavy (non-hydrogen) atoms. The maximum atomic E-state index is 4.59. The maximum Gasteiger partial charge on any atom is 0.225 e. The summed E-state index contributed by atoms with van der Waals surface area (Å²) in [5.41, 5.74) is 3.02. The summed E-state index contributed by atoms with van der Waals surface area (Å²) in [6.07, 6.45) is 2.71. The van der Waals surface area contributed by atoms with E-state index in [1.165, 1.54) is 0 Å². The maximum absolute atomic E-state index is 4.59. The number of anilines is 1. The average Bonchev–Trinajstić information content (AvgIpc) is 2.86. The lowest BCUT2D eigenvalue weighted by Gasteiger charge is -2.13. The van der Waals surface area contributed by atoms with Crippen LogP contribution in [0.4, 0.5) is 5.95 Å². The lowest BCUT2D eigenvalue weighted by Crippen LogP contribution is -2.14. The monoisotopic (exact) mass is 245 g/mol. The van der Waals surface area contributed by atoms with Crippen molar-refractivity contribution in [3.63, 3.8) is 0 Å². The van der Waals surface area contributed by atoms with E-state index in [2.05, 4.69) is 28.9 Å². The summed E-state index contributed by atoms with van der Waals surface area (Å²) in [5.74, 6) is 0.744. The minimum atomic E-state index is 0.744. The van der Waals surface area contributed by atoms with E-state index in [1.54, 1.807) is 0 Å². The van der Waals surface area contributed by atoms with Gasteiger partial charge in [0.05, 0.1) is 11.4 Å². The predicted molar refractivity (Wildman–Crippen MR) is 72.6 cm³/mol. The first kappa shape index (κ1) is 12.5. The quantitative estimate of drug-likeness (QED) is 0.826. The summed E-state index contributed by atoms with van der Waals surface area (Å²) in [7, 11) is 3.91. The number of hydrogen-bond donors (Lipinski definition) is 0. The Kier molecular flexibility index (Phi) is 3.60. The van der Waals surface area contributed by atoms with Crippen LogP contribution < -0.4 is 4.90 Å². The fourth-order valence-corrected chi connectivity index (χ4v) is 1.80. The minimum Gasteiger partial charge on any atom is -0.347 e. The highest BCUT2D eigenvalue weighted by molar-refractivity contribution is 5.56. The van der Waals surface area contributed by atoms with Crippen molar-refractivity contribution in [3.05, 3.63) is 24.0 Å². The molecule has 2 aromatic heterocycles. The molecular weight excluding hydrogens is 226 g/mol. The first-order valence-electron chi connectivity index (χ1n) is 6.23. The number of rotatable bonds is 4. The normalized spacial score (nSPS) is 10.7. The molecule has 0 saturated carbocycles. The highest BCUT2D eigenvalue weighted by Gasteiger charge is 2.10. The molecule has 0 amide bonds. The van der Waals surface area contributed by atoms with Gasteiger partial charge >= 0.3 is 0 Å². The molecule has 0 aliphatic rings. The van der Waals surface area contributed by atoms with Gasteiger partial charge in [-0.15, -0.1) is 0 Å². The highest BCUT2D eigenvalue weighted by Crippen LogP contribution is 2.20. The molecule has 0 N–H and O–H groups in total. The first-order valence-corrected chi connectivity index (χ1v) is 6.23. The molecule has 0 radical (unpaired) electrons. The molecule has 0 saturated heterocycles. The zero-order valence-corrected chi connectivity index (χ0v) is 11.4. The van der Waals surface area contributed by atoms with Gasteiger partial charge in [0, 0.05) is 32.5 Å². The Labute approximate surface area is 107 Å². The van der Waals surface area contributed by atoms with Crippen molar-refractivity contribution in [2.75, 3.05) is 19.0 Å². The molecule has 0 unspecified atom stereocenters. The van der Waals surface area contributed by atoms with Crippen molar-refractivity contribution in [1.29, 1.82) is 0 Å². The fourth-order valence-electron chi connectivity index (χ4n) is 1.80. The number of nitrogens with zero attached hydrogens (tertiary/aromatic N) is 5. The van der Waals surface area contributed by atoms with Gasteiger partial charge in [0.2, 0.25) is 5.95 Å². The first-order chi connectivity index (χ1) is 8.65. The summed E-state index contributed by atoms with van der Waals surface area (Å²) in [4.78, 5) is 11.0. The van der Waals surface area contributed by atoms with Gasteiger partial charge < -0.3 is 4.90 Å². The van der Waals surface area contributed by atoms with Crippen molar-refractivity contribution in [2.45, 2.75) is 26.8 Å². The van der Waals surface area contributed by atoms with Gasteiger partial charge in [-0.2, -0.15) is 5.10 Å². The standard InChI is InChI=1S/C13H19N5/c1-5-10-9-11(16-13(15-10)17(3)4)12-7-8-14-18(12)6-2/h7-9H,5-6H2,1-4H3. The topological polar surface area (TPSA) is 46.8 Å². The molecule has 0 aliphatic heterocycles. The summed E-state index contributed by atoms with van der Waals surface area (Å²) >= 11 is 0. The minimum absolute atomic E-state index is 0.744. The van der Waals surface area contributed by atoms with Crippen molar-refractivity contribution in [1.82, 2.24) is 19.7 Å². The number of aromatic nitrogens is 4. The van der Waals surface area contributed by atoms with E-state index in [0.717, 1.165) is 36.0 Å². The largest absolute Gasteiger partial charge is 0.347 e. The predicted octanol–water partition coefficient (Wildman–Crippen LogP) is 1.99. The Morgan fingerprint density at radius 1 is 1.22 bits per heavy atom. The molecule has 5 nitrogen and oxygen atoms in total. The molecule has 2 aromatic rings. The summed E-state index contributed by atoms with van der Waals surface area (Å²) in [6, 6.07) is 4.03. The van der Waals surface area contributed by atoms with Crippen LogP contribution in [-0.2, 0) is 13.0 Å². The molecule has 0 fully saturated rings. The van der Waals surface area contributed by atoms with Crippen molar-refractivity contribution < 1.29 is 0 Å². The van der Waals surface area contributed by atoms with Crippen LogP contribution in [0, 0.1) is 0 Å². The van der Waals surface area contributed by atoms with Crippen LogP contribution in [-0.4, -0.2) is 33.8 Å². The zero-order valence-electron chi connectivity index (χ0n) is 11.4. The average molecular weight is 245 g/mol. The van der Waals surface area contributed by atoms with Crippen LogP contribution in [0.5, 0.6) is 0 Å². The molecule has 0 spiro atoms. The number of hydrogen-bond acceptors (Lipinski definition) is 4. The van der Waals surface area contributed by atoms with E-state index in [0.29, 0.717) is 0 Å². The van der Waals surface area contributed by atoms with Gasteiger partial charge in [0.25, 0.3) is 0 Å². The lowest BCUT2D eigenvalue weighted by molar-refractivity contribution is 0.665. The van der Waals surface area contributed by atoms with E-state index < -0.39 is 0 Å². The molecule has 0 aromatic carbocycles. The van der Waals surface area contributed by atoms with Crippen molar-refractivity contribution >= 4 is 5.95 Å². The molecule has 2 rings (SSSR count). The Hall–Kier alpha value is -1.91. The second-order valence-electron chi connectivity index (χ2n) is 4.32. The molecule has 96 valence electrons. The molecule has 2 heterocycles.